The van der Waals surface area contributed by atoms with Crippen LogP contribution >= 0.6 is 11.3 Å². The predicted molar refractivity (Wildman–Crippen MR) is 109 cm³/mol. The van der Waals surface area contributed by atoms with Crippen molar-refractivity contribution >= 4 is 23.2 Å². The standard InChI is InChI=1S/C22H31N3O2S/c26-21(16-6-7-16)24-12-10-15(11-13-24)20-23-19(14-28-20)22(27)25(18-8-9-18)17-4-2-1-3-5-17/h14-18H,1-13H2. The highest BCUT2D eigenvalue weighted by Gasteiger charge is 2.39. The Hall–Kier alpha value is -1.43. The molecule has 0 bridgehead atoms. The van der Waals surface area contributed by atoms with Gasteiger partial charge in [-0.2, -0.15) is 0 Å². The second kappa shape index (κ2) is 7.77. The van der Waals surface area contributed by atoms with Gasteiger partial charge in [-0.3, -0.25) is 9.59 Å². The highest BCUT2D eigenvalue weighted by molar-refractivity contribution is 7.09. The number of carbonyl (C=O) groups excluding carboxylic acids is 2. The van der Waals surface area contributed by atoms with Gasteiger partial charge in [-0.1, -0.05) is 19.3 Å². The summed E-state index contributed by atoms with van der Waals surface area (Å²) in [7, 11) is 0. The average molecular weight is 402 g/mol. The van der Waals surface area contributed by atoms with E-state index in [4.69, 9.17) is 4.98 Å². The number of hydrogen-bond acceptors (Lipinski definition) is 4. The summed E-state index contributed by atoms with van der Waals surface area (Å²) in [6.45, 7) is 1.69. The highest BCUT2D eigenvalue weighted by atomic mass is 32.1. The zero-order chi connectivity index (χ0) is 19.1. The van der Waals surface area contributed by atoms with Crippen LogP contribution in [0.5, 0.6) is 0 Å². The topological polar surface area (TPSA) is 53.5 Å². The summed E-state index contributed by atoms with van der Waals surface area (Å²) in [6.07, 6.45) is 12.6. The van der Waals surface area contributed by atoms with E-state index in [1.54, 1.807) is 11.3 Å². The fourth-order valence-corrected chi connectivity index (χ4v) is 5.95. The summed E-state index contributed by atoms with van der Waals surface area (Å²) in [5, 5.41) is 3.08. The van der Waals surface area contributed by atoms with Crippen molar-refractivity contribution in [3.63, 3.8) is 0 Å². The van der Waals surface area contributed by atoms with Crippen molar-refractivity contribution in [3.8, 4) is 0 Å². The van der Waals surface area contributed by atoms with Crippen LogP contribution in [0.2, 0.25) is 0 Å². The molecule has 3 saturated carbocycles. The van der Waals surface area contributed by atoms with Gasteiger partial charge in [0.2, 0.25) is 5.91 Å². The molecule has 2 heterocycles. The van der Waals surface area contributed by atoms with E-state index in [1.807, 2.05) is 10.3 Å². The number of thiazole rings is 1. The van der Waals surface area contributed by atoms with Crippen LogP contribution < -0.4 is 0 Å². The molecule has 0 spiro atoms. The lowest BCUT2D eigenvalue weighted by Gasteiger charge is -2.34. The Labute approximate surface area is 171 Å². The van der Waals surface area contributed by atoms with Crippen LogP contribution in [0.4, 0.5) is 0 Å². The number of amides is 2. The van der Waals surface area contributed by atoms with E-state index in [-0.39, 0.29) is 5.91 Å². The molecule has 0 aromatic carbocycles. The zero-order valence-electron chi connectivity index (χ0n) is 16.6. The van der Waals surface area contributed by atoms with Crippen LogP contribution in [-0.4, -0.2) is 51.8 Å². The molecule has 3 aliphatic carbocycles. The third kappa shape index (κ3) is 3.85. The van der Waals surface area contributed by atoms with Crippen molar-refractivity contribution < 1.29 is 9.59 Å². The minimum Gasteiger partial charge on any atom is -0.342 e. The minimum atomic E-state index is 0.165. The summed E-state index contributed by atoms with van der Waals surface area (Å²) in [4.78, 5) is 34.6. The lowest BCUT2D eigenvalue weighted by molar-refractivity contribution is -0.133. The van der Waals surface area contributed by atoms with Gasteiger partial charge in [0.25, 0.3) is 5.91 Å². The predicted octanol–water partition coefficient (Wildman–Crippen LogP) is 4.20. The van der Waals surface area contributed by atoms with Crippen LogP contribution in [0.1, 0.15) is 92.0 Å². The summed E-state index contributed by atoms with van der Waals surface area (Å²) >= 11 is 1.65. The van der Waals surface area contributed by atoms with E-state index >= 15 is 0 Å². The van der Waals surface area contributed by atoms with Crippen LogP contribution in [0.15, 0.2) is 5.38 Å². The monoisotopic (exact) mass is 401 g/mol. The van der Waals surface area contributed by atoms with Crippen LogP contribution in [0, 0.1) is 5.92 Å². The average Bonchev–Trinajstić information content (AvgIpc) is 3.67. The van der Waals surface area contributed by atoms with E-state index in [0.29, 0.717) is 35.5 Å². The lowest BCUT2D eigenvalue weighted by Crippen LogP contribution is -2.43. The van der Waals surface area contributed by atoms with Gasteiger partial charge in [0.1, 0.15) is 5.69 Å². The van der Waals surface area contributed by atoms with Crippen molar-refractivity contribution in [2.75, 3.05) is 13.1 Å². The van der Waals surface area contributed by atoms with Crippen molar-refractivity contribution in [2.24, 2.45) is 5.92 Å². The SMILES string of the molecule is O=C(C1CC1)N1CCC(c2nc(C(=O)N(C3CCCCC3)C3CC3)cs2)CC1. The first-order valence-electron chi connectivity index (χ1n) is 11.3. The Morgan fingerprint density at radius 1 is 0.929 bits per heavy atom. The maximum atomic E-state index is 13.3. The van der Waals surface area contributed by atoms with Gasteiger partial charge >= 0.3 is 0 Å². The van der Waals surface area contributed by atoms with Gasteiger partial charge in [0.15, 0.2) is 0 Å². The van der Waals surface area contributed by atoms with Crippen molar-refractivity contribution in [1.82, 2.24) is 14.8 Å². The molecule has 4 fully saturated rings. The molecule has 1 saturated heterocycles. The molecule has 28 heavy (non-hydrogen) atoms. The number of carbonyl (C=O) groups is 2. The normalized spacial score (nSPS) is 24.4. The van der Waals surface area contributed by atoms with Gasteiger partial charge in [-0.15, -0.1) is 11.3 Å². The molecule has 0 N–H and O–H groups in total. The van der Waals surface area contributed by atoms with Gasteiger partial charge < -0.3 is 9.80 Å². The molecule has 5 nitrogen and oxygen atoms in total. The van der Waals surface area contributed by atoms with Crippen LogP contribution in [-0.2, 0) is 4.79 Å². The number of aromatic nitrogens is 1. The molecule has 5 rings (SSSR count). The molecular weight excluding hydrogens is 370 g/mol. The Kier molecular flexibility index (Phi) is 5.16. The molecule has 4 aliphatic rings. The van der Waals surface area contributed by atoms with Crippen LogP contribution in [0.3, 0.4) is 0 Å². The van der Waals surface area contributed by atoms with E-state index in [1.165, 1.54) is 19.3 Å². The quantitative estimate of drug-likeness (QED) is 0.743. The zero-order valence-corrected chi connectivity index (χ0v) is 17.5. The summed E-state index contributed by atoms with van der Waals surface area (Å²) in [5.41, 5.74) is 0.661. The summed E-state index contributed by atoms with van der Waals surface area (Å²) in [6, 6.07) is 0.882. The maximum absolute atomic E-state index is 13.3. The van der Waals surface area contributed by atoms with E-state index in [2.05, 4.69) is 4.90 Å². The fourth-order valence-electron chi connectivity index (χ4n) is 4.98. The minimum absolute atomic E-state index is 0.165. The molecule has 0 unspecified atom stereocenters. The van der Waals surface area contributed by atoms with E-state index in [9.17, 15) is 9.59 Å². The number of rotatable bonds is 5. The first-order chi connectivity index (χ1) is 13.7. The van der Waals surface area contributed by atoms with E-state index in [0.717, 1.165) is 69.5 Å². The van der Waals surface area contributed by atoms with Crippen LogP contribution in [0.25, 0.3) is 0 Å². The molecule has 1 aliphatic heterocycles. The number of nitrogens with zero attached hydrogens (tertiary/aromatic N) is 3. The molecule has 2 amide bonds. The number of likely N-dealkylation sites (tertiary alicyclic amines) is 1. The van der Waals surface area contributed by atoms with Gasteiger partial charge in [0, 0.05) is 42.4 Å². The van der Waals surface area contributed by atoms with Crippen molar-refractivity contribution in [2.45, 2.75) is 88.6 Å². The molecule has 1 aromatic heterocycles. The Bertz CT molecular complexity index is 726. The molecule has 1 aromatic rings. The summed E-state index contributed by atoms with van der Waals surface area (Å²) in [5.74, 6) is 1.24. The largest absolute Gasteiger partial charge is 0.342 e. The number of hydrogen-bond donors (Lipinski definition) is 0. The second-order valence-electron chi connectivity index (χ2n) is 9.18. The van der Waals surface area contributed by atoms with Gasteiger partial charge in [-0.05, 0) is 51.4 Å². The number of piperidine rings is 1. The first kappa shape index (κ1) is 18.6. The highest BCUT2D eigenvalue weighted by Crippen LogP contribution is 2.37. The molecule has 0 radical (unpaired) electrons. The van der Waals surface area contributed by atoms with Gasteiger partial charge in [0.05, 0.1) is 5.01 Å². The summed E-state index contributed by atoms with van der Waals surface area (Å²) < 4.78 is 0. The molecule has 152 valence electrons. The Balaban J connectivity index is 1.23. The van der Waals surface area contributed by atoms with Gasteiger partial charge in [-0.25, -0.2) is 4.98 Å². The molecule has 0 atom stereocenters. The smallest absolute Gasteiger partial charge is 0.273 e. The molecule has 6 heteroatoms. The maximum Gasteiger partial charge on any atom is 0.273 e. The van der Waals surface area contributed by atoms with Crippen molar-refractivity contribution in [1.29, 1.82) is 0 Å². The first-order valence-corrected chi connectivity index (χ1v) is 12.2. The Morgan fingerprint density at radius 2 is 1.61 bits per heavy atom. The Morgan fingerprint density at radius 3 is 2.25 bits per heavy atom. The second-order valence-corrected chi connectivity index (χ2v) is 10.1. The molecular formula is C22H31N3O2S. The fraction of sp³-hybridized carbons (Fsp3) is 0.773. The third-order valence-electron chi connectivity index (χ3n) is 6.97. The third-order valence-corrected chi connectivity index (χ3v) is 7.97. The lowest BCUT2D eigenvalue weighted by atomic mass is 9.94. The van der Waals surface area contributed by atoms with E-state index < -0.39 is 0 Å². The van der Waals surface area contributed by atoms with Crippen molar-refractivity contribution in [3.05, 3.63) is 16.1 Å².